The van der Waals surface area contributed by atoms with Gasteiger partial charge in [0.25, 0.3) is 0 Å². The van der Waals surface area contributed by atoms with Crippen LogP contribution in [0.3, 0.4) is 0 Å². The van der Waals surface area contributed by atoms with Crippen molar-refractivity contribution < 1.29 is 24.1 Å². The number of amides is 1. The minimum absolute atomic E-state index is 0.0110. The first-order chi connectivity index (χ1) is 17.7. The van der Waals surface area contributed by atoms with Gasteiger partial charge in [-0.3, -0.25) is 19.2 Å². The molecule has 0 heterocycles. The normalized spacial score (nSPS) is 12.9. The van der Waals surface area contributed by atoms with Crippen molar-refractivity contribution in [2.45, 2.75) is 142 Å². The van der Waals surface area contributed by atoms with E-state index in [1.165, 1.54) is 64.2 Å². The fraction of sp³-hybridized carbons (Fsp3) is 0.862. The predicted molar refractivity (Wildman–Crippen MR) is 154 cm³/mol. The number of carbonyl (C=O) groups is 4. The predicted octanol–water partition coefficient (Wildman–Crippen LogP) is 6.50. The van der Waals surface area contributed by atoms with Gasteiger partial charge in [0.05, 0.1) is 0 Å². The van der Waals surface area contributed by atoms with Crippen molar-refractivity contribution in [2.24, 2.45) is 0 Å². The first-order valence-electron chi connectivity index (χ1n) is 14.7. The molecule has 0 bridgehead atoms. The zero-order chi connectivity index (χ0) is 27.9. The van der Waals surface area contributed by atoms with E-state index in [0.717, 1.165) is 19.3 Å². The van der Waals surface area contributed by atoms with Crippen molar-refractivity contribution in [1.82, 2.24) is 10.2 Å². The van der Waals surface area contributed by atoms with Crippen molar-refractivity contribution in [2.75, 3.05) is 20.6 Å². The van der Waals surface area contributed by atoms with E-state index >= 15 is 0 Å². The smallest absolute Gasteiger partial charge is 0.219 e. The van der Waals surface area contributed by atoms with Crippen LogP contribution in [0.1, 0.15) is 136 Å². The van der Waals surface area contributed by atoms with E-state index in [9.17, 15) is 24.1 Å². The molecule has 0 aromatic carbocycles. The number of unbranched alkanes of at least 4 members (excludes halogenated alkanes) is 12. The average Bonchev–Trinajstić information content (AvgIpc) is 2.85. The van der Waals surface area contributed by atoms with Crippen LogP contribution in [0.5, 0.6) is 0 Å². The third-order valence-corrected chi connectivity index (χ3v) is 7.96. The third-order valence-electron chi connectivity index (χ3n) is 6.61. The highest BCUT2D eigenvalue weighted by atomic mass is 31.1. The molecule has 216 valence electrons. The Hall–Kier alpha value is -1.17. The van der Waals surface area contributed by atoms with Gasteiger partial charge in [-0.2, -0.15) is 0 Å². The Morgan fingerprint density at radius 1 is 0.703 bits per heavy atom. The fourth-order valence-electron chi connectivity index (χ4n) is 4.31. The number of hydrogen-bond donors (Lipinski definition) is 2. The van der Waals surface area contributed by atoms with Crippen LogP contribution in [0.15, 0.2) is 0 Å². The summed E-state index contributed by atoms with van der Waals surface area (Å²) in [5.41, 5.74) is -1.01. The molecule has 0 aliphatic rings. The topological polar surface area (TPSA) is 104 Å². The molecule has 0 aliphatic heterocycles. The van der Waals surface area contributed by atoms with Gasteiger partial charge in [-0.1, -0.05) is 90.9 Å². The van der Waals surface area contributed by atoms with E-state index in [0.29, 0.717) is 19.4 Å². The van der Waals surface area contributed by atoms with Crippen molar-refractivity contribution >= 4 is 30.9 Å². The van der Waals surface area contributed by atoms with Gasteiger partial charge >= 0.3 is 0 Å². The first kappa shape index (κ1) is 35.8. The second-order valence-electron chi connectivity index (χ2n) is 10.6. The SMILES string of the molecule is CCCCCCCCCCCCCCCC(=O)CC(CC(=O)P(O)C(=O)CCCN(C)C)NC(=O)CC. The molecule has 0 aromatic heterocycles. The maximum atomic E-state index is 12.5. The molecule has 0 aliphatic carbocycles. The number of hydrogen-bond acceptors (Lipinski definition) is 6. The summed E-state index contributed by atoms with van der Waals surface area (Å²) < 4.78 is 0. The van der Waals surface area contributed by atoms with Crippen molar-refractivity contribution in [3.05, 3.63) is 0 Å². The maximum Gasteiger partial charge on any atom is 0.219 e. The van der Waals surface area contributed by atoms with E-state index in [1.807, 2.05) is 19.0 Å². The molecule has 7 nitrogen and oxygen atoms in total. The summed E-state index contributed by atoms with van der Waals surface area (Å²) >= 11 is 0. The van der Waals surface area contributed by atoms with Crippen LogP contribution in [0.2, 0.25) is 0 Å². The second-order valence-corrected chi connectivity index (χ2v) is 12.2. The number of rotatable bonds is 26. The Bertz CT molecular complexity index is 642. The quantitative estimate of drug-likeness (QED) is 0.0956. The van der Waals surface area contributed by atoms with Gasteiger partial charge in [-0.25, -0.2) is 0 Å². The van der Waals surface area contributed by atoms with Crippen LogP contribution in [0.25, 0.3) is 0 Å². The molecule has 0 fully saturated rings. The molecule has 0 saturated heterocycles. The first-order valence-corrected chi connectivity index (χ1v) is 16.0. The highest BCUT2D eigenvalue weighted by molar-refractivity contribution is 7.84. The number of nitrogens with one attached hydrogen (secondary N) is 1. The van der Waals surface area contributed by atoms with Crippen LogP contribution in [-0.2, 0) is 19.2 Å². The van der Waals surface area contributed by atoms with Gasteiger partial charge in [-0.05, 0) is 33.5 Å². The Kier molecular flexibility index (Phi) is 23.2. The minimum Gasteiger partial charge on any atom is -0.360 e. The number of Topliss-reactive ketones (excluding diaryl/α,β-unsaturated/α-hetero) is 1. The summed E-state index contributed by atoms with van der Waals surface area (Å²) in [6.45, 7) is 4.65. The molecule has 2 N–H and O–H groups in total. The summed E-state index contributed by atoms with van der Waals surface area (Å²) in [5.74, 6) is -0.233. The van der Waals surface area contributed by atoms with E-state index in [4.69, 9.17) is 0 Å². The van der Waals surface area contributed by atoms with Gasteiger partial charge in [-0.15, -0.1) is 0 Å². The van der Waals surface area contributed by atoms with Gasteiger partial charge in [0.1, 0.15) is 5.78 Å². The fourth-order valence-corrected chi connectivity index (χ4v) is 5.35. The zero-order valence-corrected chi connectivity index (χ0v) is 25.1. The Labute approximate surface area is 227 Å². The molecule has 0 spiro atoms. The summed E-state index contributed by atoms with van der Waals surface area (Å²) in [6, 6.07) is -0.666. The van der Waals surface area contributed by atoms with Crippen LogP contribution in [0, 0.1) is 0 Å². The highest BCUT2D eigenvalue weighted by Crippen LogP contribution is 2.36. The standard InChI is InChI=1S/C29H55N2O5P/c1-5-7-8-9-10-11-12-13-14-15-16-17-18-20-26(32)23-25(30-27(33)6-2)24-29(35)37(36)28(34)21-19-22-31(3)4/h25,36H,5-24H2,1-4H3,(H,30,33). The Morgan fingerprint density at radius 2 is 1.22 bits per heavy atom. The molecule has 2 unspecified atom stereocenters. The lowest BCUT2D eigenvalue weighted by Gasteiger charge is -2.18. The number of carbonyl (C=O) groups excluding carboxylic acids is 4. The van der Waals surface area contributed by atoms with E-state index < -0.39 is 25.2 Å². The lowest BCUT2D eigenvalue weighted by molar-refractivity contribution is -0.123. The molecule has 8 heteroatoms. The van der Waals surface area contributed by atoms with Crippen molar-refractivity contribution in [1.29, 1.82) is 0 Å². The minimum atomic E-state index is -2.41. The second kappa shape index (κ2) is 23.9. The van der Waals surface area contributed by atoms with Gasteiger partial charge in [0, 0.05) is 38.1 Å². The Balaban J connectivity index is 4.21. The van der Waals surface area contributed by atoms with Crippen LogP contribution in [0.4, 0.5) is 0 Å². The number of ketones is 1. The third kappa shape index (κ3) is 21.5. The van der Waals surface area contributed by atoms with Crippen molar-refractivity contribution in [3.8, 4) is 0 Å². The van der Waals surface area contributed by atoms with E-state index in [-0.39, 0.29) is 37.4 Å². The molecule has 0 radical (unpaired) electrons. The summed E-state index contributed by atoms with van der Waals surface area (Å²) in [6.07, 6.45) is 17.4. The van der Waals surface area contributed by atoms with Crippen LogP contribution < -0.4 is 5.32 Å². The maximum absolute atomic E-state index is 12.5. The van der Waals surface area contributed by atoms with Crippen molar-refractivity contribution in [3.63, 3.8) is 0 Å². The van der Waals surface area contributed by atoms with Gasteiger partial charge in [0.2, 0.25) is 5.91 Å². The summed E-state index contributed by atoms with van der Waals surface area (Å²) in [5, 5.41) is 2.73. The molecule has 1 amide bonds. The Morgan fingerprint density at radius 3 is 1.70 bits per heavy atom. The van der Waals surface area contributed by atoms with Gasteiger partial charge < -0.3 is 15.1 Å². The van der Waals surface area contributed by atoms with Crippen LogP contribution >= 0.6 is 8.15 Å². The molecular weight excluding hydrogens is 487 g/mol. The largest absolute Gasteiger partial charge is 0.360 e. The molecule has 2 atom stereocenters. The van der Waals surface area contributed by atoms with Gasteiger partial charge in [0.15, 0.2) is 19.2 Å². The zero-order valence-electron chi connectivity index (χ0n) is 24.2. The lowest BCUT2D eigenvalue weighted by Crippen LogP contribution is -2.37. The highest BCUT2D eigenvalue weighted by Gasteiger charge is 2.28. The lowest BCUT2D eigenvalue weighted by atomic mass is 10.0. The van der Waals surface area contributed by atoms with Crippen LogP contribution in [-0.4, -0.2) is 59.2 Å². The molecule has 37 heavy (non-hydrogen) atoms. The average molecular weight is 543 g/mol. The summed E-state index contributed by atoms with van der Waals surface area (Å²) in [7, 11) is 1.39. The molecular formula is C29H55N2O5P. The van der Waals surface area contributed by atoms with E-state index in [1.54, 1.807) is 6.92 Å². The number of nitrogens with zero attached hydrogens (tertiary/aromatic N) is 1. The van der Waals surface area contributed by atoms with E-state index in [2.05, 4.69) is 12.2 Å². The molecule has 0 aromatic rings. The molecule has 0 saturated carbocycles. The summed E-state index contributed by atoms with van der Waals surface area (Å²) in [4.78, 5) is 61.3. The monoisotopic (exact) mass is 542 g/mol. The molecule has 0 rings (SSSR count).